The van der Waals surface area contributed by atoms with Crippen molar-refractivity contribution in [3.05, 3.63) is 54.1 Å². The van der Waals surface area contributed by atoms with Crippen LogP contribution in [0, 0.1) is 0 Å². The molecule has 1 aromatic heterocycles. The first kappa shape index (κ1) is 12.4. The van der Waals surface area contributed by atoms with E-state index in [1.807, 2.05) is 55.1 Å². The van der Waals surface area contributed by atoms with Gasteiger partial charge in [-0.25, -0.2) is 4.98 Å². The molecule has 4 heteroatoms. The average molecular weight is 243 g/mol. The molecule has 94 valence electrons. The van der Waals surface area contributed by atoms with Gasteiger partial charge in [0.15, 0.2) is 0 Å². The molecule has 1 heterocycles. The molecule has 0 spiro atoms. The lowest BCUT2D eigenvalue weighted by atomic mass is 10.1. The van der Waals surface area contributed by atoms with E-state index in [0.717, 1.165) is 11.4 Å². The van der Waals surface area contributed by atoms with Gasteiger partial charge in [0.2, 0.25) is 5.91 Å². The molecule has 0 radical (unpaired) electrons. The van der Waals surface area contributed by atoms with E-state index in [2.05, 4.69) is 10.3 Å². The van der Waals surface area contributed by atoms with Crippen molar-refractivity contribution in [3.63, 3.8) is 0 Å². The number of imidazole rings is 1. The summed E-state index contributed by atoms with van der Waals surface area (Å²) in [6, 6.07) is 9.63. The normalized spacial score (nSPS) is 12.1. The molecule has 1 atom stereocenters. The maximum atomic E-state index is 11.9. The number of carbonyl (C=O) groups is 1. The summed E-state index contributed by atoms with van der Waals surface area (Å²) in [5.41, 5.74) is 1.02. The minimum Gasteiger partial charge on any atom is -0.346 e. The zero-order valence-corrected chi connectivity index (χ0v) is 10.6. The number of benzene rings is 1. The first-order valence-electron chi connectivity index (χ1n) is 5.97. The highest BCUT2D eigenvalue weighted by Gasteiger charge is 2.13. The van der Waals surface area contributed by atoms with E-state index in [1.54, 1.807) is 6.20 Å². The number of carbonyl (C=O) groups excluding carboxylic acids is 1. The molecule has 2 aromatic rings. The Morgan fingerprint density at radius 1 is 1.39 bits per heavy atom. The van der Waals surface area contributed by atoms with Crippen LogP contribution in [0.15, 0.2) is 42.7 Å². The van der Waals surface area contributed by atoms with Crippen LogP contribution in [0.2, 0.25) is 0 Å². The van der Waals surface area contributed by atoms with Gasteiger partial charge in [0, 0.05) is 19.4 Å². The Balaban J connectivity index is 1.94. The summed E-state index contributed by atoms with van der Waals surface area (Å²) in [6.45, 7) is 1.94. The molecule has 4 nitrogen and oxygen atoms in total. The smallest absolute Gasteiger partial charge is 0.224 e. The summed E-state index contributed by atoms with van der Waals surface area (Å²) in [7, 11) is 1.92. The monoisotopic (exact) mass is 243 g/mol. The molecule has 0 saturated heterocycles. The number of hydrogen-bond acceptors (Lipinski definition) is 2. The number of rotatable bonds is 4. The first-order chi connectivity index (χ1) is 8.66. The SMILES string of the molecule is CC(NC(=O)Cc1ccccc1)c1nccn1C. The maximum Gasteiger partial charge on any atom is 0.224 e. The minimum absolute atomic E-state index is 0.0108. The van der Waals surface area contributed by atoms with E-state index in [-0.39, 0.29) is 11.9 Å². The Hall–Kier alpha value is -2.10. The average Bonchev–Trinajstić information content (AvgIpc) is 2.76. The van der Waals surface area contributed by atoms with Crippen molar-refractivity contribution in [2.45, 2.75) is 19.4 Å². The van der Waals surface area contributed by atoms with Gasteiger partial charge in [-0.3, -0.25) is 4.79 Å². The third-order valence-corrected chi connectivity index (χ3v) is 2.83. The number of amides is 1. The van der Waals surface area contributed by atoms with Gasteiger partial charge in [-0.2, -0.15) is 0 Å². The molecule has 1 amide bonds. The lowest BCUT2D eigenvalue weighted by Gasteiger charge is -2.13. The van der Waals surface area contributed by atoms with Crippen LogP contribution in [0.4, 0.5) is 0 Å². The van der Waals surface area contributed by atoms with Gasteiger partial charge in [-0.1, -0.05) is 30.3 Å². The predicted molar refractivity (Wildman–Crippen MR) is 69.9 cm³/mol. The Morgan fingerprint density at radius 2 is 2.11 bits per heavy atom. The van der Waals surface area contributed by atoms with Crippen LogP contribution in [0.25, 0.3) is 0 Å². The van der Waals surface area contributed by atoms with E-state index in [9.17, 15) is 4.79 Å². The minimum atomic E-state index is -0.0822. The Kier molecular flexibility index (Phi) is 3.77. The lowest BCUT2D eigenvalue weighted by Crippen LogP contribution is -2.29. The van der Waals surface area contributed by atoms with E-state index in [4.69, 9.17) is 0 Å². The summed E-state index contributed by atoms with van der Waals surface area (Å²) in [4.78, 5) is 16.1. The largest absolute Gasteiger partial charge is 0.346 e. The second-order valence-corrected chi connectivity index (χ2v) is 4.35. The fourth-order valence-corrected chi connectivity index (χ4v) is 1.93. The van der Waals surface area contributed by atoms with Crippen LogP contribution in [0.1, 0.15) is 24.4 Å². The van der Waals surface area contributed by atoms with E-state index in [0.29, 0.717) is 6.42 Å². The van der Waals surface area contributed by atoms with Crippen molar-refractivity contribution < 1.29 is 4.79 Å². The summed E-state index contributed by atoms with van der Waals surface area (Å²) in [5, 5.41) is 2.95. The van der Waals surface area contributed by atoms with Crippen molar-refractivity contribution in [3.8, 4) is 0 Å². The van der Waals surface area contributed by atoms with Crippen LogP contribution in [-0.4, -0.2) is 15.5 Å². The fourth-order valence-electron chi connectivity index (χ4n) is 1.93. The van der Waals surface area contributed by atoms with Gasteiger partial charge in [0.05, 0.1) is 12.5 Å². The summed E-state index contributed by atoms with van der Waals surface area (Å²) in [6.07, 6.45) is 4.00. The molecule has 0 bridgehead atoms. The number of nitrogens with zero attached hydrogens (tertiary/aromatic N) is 2. The first-order valence-corrected chi connectivity index (χ1v) is 5.97. The molecule has 1 aromatic carbocycles. The maximum absolute atomic E-state index is 11.9. The summed E-state index contributed by atoms with van der Waals surface area (Å²) >= 11 is 0. The lowest BCUT2D eigenvalue weighted by molar-refractivity contribution is -0.121. The Morgan fingerprint density at radius 3 is 2.72 bits per heavy atom. The van der Waals surface area contributed by atoms with Crippen LogP contribution in [-0.2, 0) is 18.3 Å². The molecule has 0 saturated carbocycles. The van der Waals surface area contributed by atoms with Crippen molar-refractivity contribution in [2.75, 3.05) is 0 Å². The van der Waals surface area contributed by atoms with Gasteiger partial charge in [-0.15, -0.1) is 0 Å². The zero-order chi connectivity index (χ0) is 13.0. The quantitative estimate of drug-likeness (QED) is 0.890. The van der Waals surface area contributed by atoms with Crippen LogP contribution >= 0.6 is 0 Å². The standard InChI is InChI=1S/C14H17N3O/c1-11(14-15-8-9-17(14)2)16-13(18)10-12-6-4-3-5-7-12/h3-9,11H,10H2,1-2H3,(H,16,18). The molecular formula is C14H17N3O. The number of aryl methyl sites for hydroxylation is 1. The van der Waals surface area contributed by atoms with Gasteiger partial charge in [-0.05, 0) is 12.5 Å². The highest BCUT2D eigenvalue weighted by Crippen LogP contribution is 2.09. The van der Waals surface area contributed by atoms with Crippen molar-refractivity contribution in [1.29, 1.82) is 0 Å². The molecule has 1 unspecified atom stereocenters. The molecule has 2 rings (SSSR count). The number of nitrogens with one attached hydrogen (secondary N) is 1. The van der Waals surface area contributed by atoms with Crippen molar-refractivity contribution in [1.82, 2.24) is 14.9 Å². The number of hydrogen-bond donors (Lipinski definition) is 1. The van der Waals surface area contributed by atoms with Crippen molar-refractivity contribution >= 4 is 5.91 Å². The topological polar surface area (TPSA) is 46.9 Å². The highest BCUT2D eigenvalue weighted by molar-refractivity contribution is 5.78. The zero-order valence-electron chi connectivity index (χ0n) is 10.6. The van der Waals surface area contributed by atoms with Crippen LogP contribution in [0.3, 0.4) is 0 Å². The van der Waals surface area contributed by atoms with Gasteiger partial charge in [0.25, 0.3) is 0 Å². The van der Waals surface area contributed by atoms with Crippen LogP contribution in [0.5, 0.6) is 0 Å². The predicted octanol–water partition coefficient (Wildman–Crippen LogP) is 1.84. The highest BCUT2D eigenvalue weighted by atomic mass is 16.1. The van der Waals surface area contributed by atoms with Crippen molar-refractivity contribution in [2.24, 2.45) is 7.05 Å². The molecular weight excluding hydrogens is 226 g/mol. The Bertz CT molecular complexity index is 519. The van der Waals surface area contributed by atoms with Gasteiger partial charge < -0.3 is 9.88 Å². The van der Waals surface area contributed by atoms with E-state index in [1.165, 1.54) is 0 Å². The third kappa shape index (κ3) is 2.97. The molecule has 1 N–H and O–H groups in total. The molecule has 18 heavy (non-hydrogen) atoms. The van der Waals surface area contributed by atoms with Crippen LogP contribution < -0.4 is 5.32 Å². The summed E-state index contributed by atoms with van der Waals surface area (Å²) in [5.74, 6) is 0.869. The second-order valence-electron chi connectivity index (χ2n) is 4.35. The molecule has 0 fully saturated rings. The molecule has 0 aliphatic rings. The molecule has 0 aliphatic heterocycles. The Labute approximate surface area is 107 Å². The van der Waals surface area contributed by atoms with E-state index < -0.39 is 0 Å². The third-order valence-electron chi connectivity index (χ3n) is 2.83. The van der Waals surface area contributed by atoms with Gasteiger partial charge >= 0.3 is 0 Å². The second kappa shape index (κ2) is 5.49. The van der Waals surface area contributed by atoms with Gasteiger partial charge in [0.1, 0.15) is 5.82 Å². The number of aromatic nitrogens is 2. The van der Waals surface area contributed by atoms with E-state index >= 15 is 0 Å². The fraction of sp³-hybridized carbons (Fsp3) is 0.286. The summed E-state index contributed by atoms with van der Waals surface area (Å²) < 4.78 is 1.91. The molecule has 0 aliphatic carbocycles.